The number of amides is 1. The lowest BCUT2D eigenvalue weighted by molar-refractivity contribution is -0.135. The van der Waals surface area contributed by atoms with E-state index in [0.29, 0.717) is 26.0 Å². The van der Waals surface area contributed by atoms with E-state index >= 15 is 0 Å². The fourth-order valence-electron chi connectivity index (χ4n) is 2.43. The van der Waals surface area contributed by atoms with Crippen molar-refractivity contribution >= 4 is 6.09 Å². The molecule has 0 aromatic heterocycles. The number of alkyl halides is 3. The molecule has 0 saturated carbocycles. The van der Waals surface area contributed by atoms with Gasteiger partial charge in [-0.15, -0.1) is 0 Å². The second-order valence-electron chi connectivity index (χ2n) is 5.19. The highest BCUT2D eigenvalue weighted by molar-refractivity contribution is 5.70. The third kappa shape index (κ3) is 4.95. The van der Waals surface area contributed by atoms with Gasteiger partial charge < -0.3 is 9.64 Å². The van der Waals surface area contributed by atoms with Crippen molar-refractivity contribution in [3.05, 3.63) is 35.9 Å². The summed E-state index contributed by atoms with van der Waals surface area (Å²) in [5, 5.41) is 0. The summed E-state index contributed by atoms with van der Waals surface area (Å²) in [6.45, 7) is 0.611. The van der Waals surface area contributed by atoms with Crippen molar-refractivity contribution < 1.29 is 22.7 Å². The Bertz CT molecular complexity index is 462. The van der Waals surface area contributed by atoms with Gasteiger partial charge in [0.05, 0.1) is 6.04 Å². The van der Waals surface area contributed by atoms with Gasteiger partial charge in [-0.1, -0.05) is 30.3 Å². The second kappa shape index (κ2) is 6.83. The summed E-state index contributed by atoms with van der Waals surface area (Å²) < 4.78 is 41.3. The number of benzene rings is 1. The number of unbranched alkanes of at least 4 members (excludes halogenated alkanes) is 1. The Morgan fingerprint density at radius 1 is 1.19 bits per heavy atom. The number of cyclic esters (lactones) is 1. The molecule has 1 fully saturated rings. The molecule has 1 aromatic rings. The molecular weight excluding hydrogens is 283 g/mol. The molecular formula is C15H18F3NO2. The molecule has 1 amide bonds. The average molecular weight is 301 g/mol. The first-order valence-electron chi connectivity index (χ1n) is 7.00. The van der Waals surface area contributed by atoms with Crippen LogP contribution in [0.1, 0.15) is 24.8 Å². The lowest BCUT2D eigenvalue weighted by atomic mass is 10.1. The Labute approximate surface area is 121 Å². The van der Waals surface area contributed by atoms with Crippen LogP contribution < -0.4 is 0 Å². The molecule has 1 heterocycles. The van der Waals surface area contributed by atoms with Gasteiger partial charge in [0.2, 0.25) is 0 Å². The molecule has 0 bridgehead atoms. The highest BCUT2D eigenvalue weighted by Crippen LogP contribution is 2.23. The number of halogens is 3. The molecule has 0 aliphatic carbocycles. The van der Waals surface area contributed by atoms with Crippen LogP contribution >= 0.6 is 0 Å². The number of nitrogens with zero attached hydrogens (tertiary/aromatic N) is 1. The topological polar surface area (TPSA) is 29.5 Å². The van der Waals surface area contributed by atoms with E-state index < -0.39 is 18.7 Å². The van der Waals surface area contributed by atoms with E-state index in [9.17, 15) is 18.0 Å². The molecule has 0 radical (unpaired) electrons. The van der Waals surface area contributed by atoms with Crippen molar-refractivity contribution in [2.75, 3.05) is 13.2 Å². The minimum Gasteiger partial charge on any atom is -0.447 e. The zero-order valence-corrected chi connectivity index (χ0v) is 11.6. The monoisotopic (exact) mass is 301 g/mol. The summed E-state index contributed by atoms with van der Waals surface area (Å²) in [4.78, 5) is 13.2. The van der Waals surface area contributed by atoms with Crippen LogP contribution in [0.15, 0.2) is 30.3 Å². The molecule has 1 saturated heterocycles. The first-order chi connectivity index (χ1) is 9.96. The standard InChI is InChI=1S/C15H18F3NO2/c16-15(17,18)8-4-5-9-19-13(11-21-14(19)20)10-12-6-2-1-3-7-12/h1-3,6-7,13H,4-5,8-11H2/t13-/m0/s1. The van der Waals surface area contributed by atoms with Gasteiger partial charge in [-0.3, -0.25) is 0 Å². The van der Waals surface area contributed by atoms with Crippen molar-refractivity contribution in [2.24, 2.45) is 0 Å². The third-order valence-electron chi connectivity index (χ3n) is 3.50. The van der Waals surface area contributed by atoms with E-state index in [0.717, 1.165) is 5.56 Å². The second-order valence-corrected chi connectivity index (χ2v) is 5.19. The van der Waals surface area contributed by atoms with Gasteiger partial charge in [0.15, 0.2) is 0 Å². The summed E-state index contributed by atoms with van der Waals surface area (Å²) in [5.74, 6) is 0. The predicted octanol–water partition coefficient (Wildman–Crippen LogP) is 3.78. The van der Waals surface area contributed by atoms with E-state index in [1.165, 1.54) is 0 Å². The maximum absolute atomic E-state index is 12.1. The third-order valence-corrected chi connectivity index (χ3v) is 3.50. The first kappa shape index (κ1) is 15.7. The molecule has 2 rings (SSSR count). The number of hydrogen-bond acceptors (Lipinski definition) is 2. The van der Waals surface area contributed by atoms with Crippen LogP contribution in [0.3, 0.4) is 0 Å². The fourth-order valence-corrected chi connectivity index (χ4v) is 2.43. The van der Waals surface area contributed by atoms with Gasteiger partial charge in [-0.25, -0.2) is 4.79 Å². The van der Waals surface area contributed by atoms with E-state index in [1.54, 1.807) is 4.90 Å². The first-order valence-corrected chi connectivity index (χ1v) is 7.00. The van der Waals surface area contributed by atoms with E-state index in [1.807, 2.05) is 30.3 Å². The number of rotatable bonds is 6. The van der Waals surface area contributed by atoms with Crippen molar-refractivity contribution in [1.82, 2.24) is 4.90 Å². The maximum atomic E-state index is 12.1. The zero-order valence-electron chi connectivity index (χ0n) is 11.6. The van der Waals surface area contributed by atoms with Crippen LogP contribution in [-0.2, 0) is 11.2 Å². The van der Waals surface area contributed by atoms with Crippen LogP contribution in [0.5, 0.6) is 0 Å². The Morgan fingerprint density at radius 3 is 2.57 bits per heavy atom. The molecule has 1 aliphatic rings. The van der Waals surface area contributed by atoms with E-state index in [4.69, 9.17) is 4.74 Å². The highest BCUT2D eigenvalue weighted by Gasteiger charge is 2.33. The average Bonchev–Trinajstić information content (AvgIpc) is 2.76. The van der Waals surface area contributed by atoms with Crippen LogP contribution in [0, 0.1) is 0 Å². The molecule has 1 atom stereocenters. The molecule has 6 heteroatoms. The van der Waals surface area contributed by atoms with Gasteiger partial charge in [0.25, 0.3) is 0 Å². The van der Waals surface area contributed by atoms with Crippen molar-refractivity contribution in [1.29, 1.82) is 0 Å². The normalized spacial score (nSPS) is 18.9. The van der Waals surface area contributed by atoms with Gasteiger partial charge in [-0.05, 0) is 24.8 Å². The van der Waals surface area contributed by atoms with Crippen LogP contribution in [0.2, 0.25) is 0 Å². The number of hydrogen-bond donors (Lipinski definition) is 0. The SMILES string of the molecule is O=C1OC[C@H](Cc2ccccc2)N1CCCCC(F)(F)F. The largest absolute Gasteiger partial charge is 0.447 e. The van der Waals surface area contributed by atoms with Gasteiger partial charge >= 0.3 is 12.3 Å². The summed E-state index contributed by atoms with van der Waals surface area (Å²) >= 11 is 0. The summed E-state index contributed by atoms with van der Waals surface area (Å²) in [6, 6.07) is 9.58. The molecule has 0 N–H and O–H groups in total. The van der Waals surface area contributed by atoms with Crippen LogP contribution in [-0.4, -0.2) is 36.4 Å². The smallest absolute Gasteiger partial charge is 0.410 e. The zero-order chi connectivity index (χ0) is 15.3. The summed E-state index contributed by atoms with van der Waals surface area (Å²) in [5.41, 5.74) is 1.08. The lowest BCUT2D eigenvalue weighted by Gasteiger charge is -2.21. The molecule has 1 aromatic carbocycles. The van der Waals surface area contributed by atoms with Crippen molar-refractivity contribution in [2.45, 2.75) is 37.9 Å². The highest BCUT2D eigenvalue weighted by atomic mass is 19.4. The van der Waals surface area contributed by atoms with E-state index in [2.05, 4.69) is 0 Å². The van der Waals surface area contributed by atoms with E-state index in [-0.39, 0.29) is 12.5 Å². The van der Waals surface area contributed by atoms with Gasteiger partial charge in [0.1, 0.15) is 6.61 Å². The predicted molar refractivity (Wildman–Crippen MR) is 71.9 cm³/mol. The van der Waals surface area contributed by atoms with Crippen molar-refractivity contribution in [3.63, 3.8) is 0 Å². The van der Waals surface area contributed by atoms with Crippen molar-refractivity contribution in [3.8, 4) is 0 Å². The fraction of sp³-hybridized carbons (Fsp3) is 0.533. The molecule has 116 valence electrons. The quantitative estimate of drug-likeness (QED) is 0.748. The number of ether oxygens (including phenoxy) is 1. The molecule has 0 unspecified atom stereocenters. The molecule has 3 nitrogen and oxygen atoms in total. The Balaban J connectivity index is 1.83. The molecule has 1 aliphatic heterocycles. The molecule has 21 heavy (non-hydrogen) atoms. The number of carbonyl (C=O) groups is 1. The summed E-state index contributed by atoms with van der Waals surface area (Å²) in [6.07, 6.45) is -4.34. The number of carbonyl (C=O) groups excluding carboxylic acids is 1. The summed E-state index contributed by atoms with van der Waals surface area (Å²) in [7, 11) is 0. The Kier molecular flexibility index (Phi) is 5.09. The van der Waals surface area contributed by atoms with Crippen LogP contribution in [0.4, 0.5) is 18.0 Å². The minimum atomic E-state index is -4.13. The van der Waals surface area contributed by atoms with Crippen LogP contribution in [0.25, 0.3) is 0 Å². The lowest BCUT2D eigenvalue weighted by Crippen LogP contribution is -2.35. The van der Waals surface area contributed by atoms with Gasteiger partial charge in [0, 0.05) is 13.0 Å². The maximum Gasteiger partial charge on any atom is 0.410 e. The Hall–Kier alpha value is -1.72. The minimum absolute atomic E-state index is 0.0331. The van der Waals surface area contributed by atoms with Gasteiger partial charge in [-0.2, -0.15) is 13.2 Å². The Morgan fingerprint density at radius 2 is 1.90 bits per heavy atom. The molecule has 0 spiro atoms.